The number of rotatable bonds is 2. The number of anilines is 1. The number of aryl methyl sites for hydroxylation is 2. The standard InChI is InChI=1S/C17H19N5O3/c1-8-11-6-10(7-18-15(11)25-22-8)20-13(23)12-9(2)19-16(17(3,4)5)21-14(12)24/h6-7H,1-5H3,(H,20,23)(H,19,21,24). The lowest BCUT2D eigenvalue weighted by molar-refractivity contribution is 0.102. The fourth-order valence-electron chi connectivity index (χ4n) is 2.42. The minimum atomic E-state index is -0.540. The van der Waals surface area contributed by atoms with Gasteiger partial charge in [-0.2, -0.15) is 0 Å². The molecule has 25 heavy (non-hydrogen) atoms. The Labute approximate surface area is 143 Å². The predicted molar refractivity (Wildman–Crippen MR) is 92.8 cm³/mol. The maximum atomic E-state index is 12.5. The molecule has 0 bridgehead atoms. The molecule has 3 rings (SSSR count). The van der Waals surface area contributed by atoms with Crippen molar-refractivity contribution in [2.45, 2.75) is 40.0 Å². The summed E-state index contributed by atoms with van der Waals surface area (Å²) in [6.07, 6.45) is 1.45. The molecule has 3 aromatic rings. The monoisotopic (exact) mass is 341 g/mol. The normalized spacial score (nSPS) is 11.7. The first-order valence-electron chi connectivity index (χ1n) is 7.81. The predicted octanol–water partition coefficient (Wildman–Crippen LogP) is 2.47. The minimum absolute atomic E-state index is 0.0184. The van der Waals surface area contributed by atoms with Crippen molar-refractivity contribution in [2.75, 3.05) is 5.32 Å². The highest BCUT2D eigenvalue weighted by Crippen LogP contribution is 2.20. The third kappa shape index (κ3) is 3.15. The SMILES string of the molecule is Cc1nc(C(C)(C)C)[nH]c(=O)c1C(=O)Nc1cnc2onc(C)c2c1. The second kappa shape index (κ2) is 5.80. The fraction of sp³-hybridized carbons (Fsp3) is 0.353. The van der Waals surface area contributed by atoms with Gasteiger partial charge in [0, 0.05) is 5.41 Å². The van der Waals surface area contributed by atoms with Crippen LogP contribution >= 0.6 is 0 Å². The van der Waals surface area contributed by atoms with Crippen LogP contribution in [0.3, 0.4) is 0 Å². The van der Waals surface area contributed by atoms with E-state index in [1.54, 1.807) is 19.9 Å². The number of H-pyrrole nitrogens is 1. The highest BCUT2D eigenvalue weighted by molar-refractivity contribution is 6.05. The van der Waals surface area contributed by atoms with E-state index in [2.05, 4.69) is 25.4 Å². The van der Waals surface area contributed by atoms with Crippen molar-refractivity contribution in [2.24, 2.45) is 0 Å². The number of hydrogen-bond donors (Lipinski definition) is 2. The van der Waals surface area contributed by atoms with E-state index in [9.17, 15) is 9.59 Å². The maximum absolute atomic E-state index is 12.5. The number of amides is 1. The van der Waals surface area contributed by atoms with Gasteiger partial charge in [0.15, 0.2) is 0 Å². The van der Waals surface area contributed by atoms with E-state index in [0.29, 0.717) is 34.0 Å². The van der Waals surface area contributed by atoms with Gasteiger partial charge in [0.1, 0.15) is 11.4 Å². The Morgan fingerprint density at radius 3 is 2.60 bits per heavy atom. The van der Waals surface area contributed by atoms with Crippen LogP contribution in [0.2, 0.25) is 0 Å². The Morgan fingerprint density at radius 2 is 1.96 bits per heavy atom. The Balaban J connectivity index is 1.95. The molecule has 2 N–H and O–H groups in total. The van der Waals surface area contributed by atoms with E-state index < -0.39 is 11.5 Å². The molecule has 0 atom stereocenters. The zero-order valence-corrected chi connectivity index (χ0v) is 14.7. The van der Waals surface area contributed by atoms with Gasteiger partial charge in [-0.3, -0.25) is 9.59 Å². The lowest BCUT2D eigenvalue weighted by Crippen LogP contribution is -2.30. The topological polar surface area (TPSA) is 114 Å². The van der Waals surface area contributed by atoms with Crippen LogP contribution in [0.25, 0.3) is 11.1 Å². The summed E-state index contributed by atoms with van der Waals surface area (Å²) in [6.45, 7) is 9.24. The van der Waals surface area contributed by atoms with Crippen LogP contribution in [0.4, 0.5) is 5.69 Å². The Morgan fingerprint density at radius 1 is 1.24 bits per heavy atom. The van der Waals surface area contributed by atoms with E-state index >= 15 is 0 Å². The minimum Gasteiger partial charge on any atom is -0.336 e. The van der Waals surface area contributed by atoms with Crippen molar-refractivity contribution >= 4 is 22.7 Å². The number of aromatic amines is 1. The van der Waals surface area contributed by atoms with Crippen molar-refractivity contribution in [1.29, 1.82) is 0 Å². The number of nitrogens with zero attached hydrogens (tertiary/aromatic N) is 3. The second-order valence-electron chi connectivity index (χ2n) is 6.92. The summed E-state index contributed by atoms with van der Waals surface area (Å²) in [7, 11) is 0. The van der Waals surface area contributed by atoms with Gasteiger partial charge < -0.3 is 14.8 Å². The summed E-state index contributed by atoms with van der Waals surface area (Å²) in [4.78, 5) is 36.1. The van der Waals surface area contributed by atoms with Crippen LogP contribution in [-0.2, 0) is 5.41 Å². The molecular formula is C17H19N5O3. The van der Waals surface area contributed by atoms with E-state index in [1.165, 1.54) is 6.20 Å². The molecule has 8 nitrogen and oxygen atoms in total. The summed E-state index contributed by atoms with van der Waals surface area (Å²) < 4.78 is 5.04. The van der Waals surface area contributed by atoms with Crippen molar-refractivity contribution < 1.29 is 9.32 Å². The molecule has 3 heterocycles. The van der Waals surface area contributed by atoms with Crippen molar-refractivity contribution in [3.63, 3.8) is 0 Å². The van der Waals surface area contributed by atoms with Gasteiger partial charge in [-0.15, -0.1) is 0 Å². The first-order chi connectivity index (χ1) is 11.7. The average molecular weight is 341 g/mol. The lowest BCUT2D eigenvalue weighted by Gasteiger charge is -2.18. The zero-order chi connectivity index (χ0) is 18.4. The van der Waals surface area contributed by atoms with Gasteiger partial charge in [-0.05, 0) is 19.9 Å². The summed E-state index contributed by atoms with van der Waals surface area (Å²) in [5, 5.41) is 7.19. The molecule has 1 amide bonds. The number of pyridine rings is 1. The highest BCUT2D eigenvalue weighted by Gasteiger charge is 2.22. The Kier molecular flexibility index (Phi) is 3.90. The number of aromatic nitrogens is 4. The summed E-state index contributed by atoms with van der Waals surface area (Å²) in [6, 6.07) is 1.70. The number of carbonyl (C=O) groups excluding carboxylic acids is 1. The van der Waals surface area contributed by atoms with E-state index in [0.717, 1.165) is 0 Å². The van der Waals surface area contributed by atoms with Crippen LogP contribution in [0.1, 0.15) is 48.3 Å². The first-order valence-corrected chi connectivity index (χ1v) is 7.81. The Hall–Kier alpha value is -3.03. The van der Waals surface area contributed by atoms with Crippen molar-refractivity contribution in [1.82, 2.24) is 20.1 Å². The molecule has 0 radical (unpaired) electrons. The molecule has 0 spiro atoms. The summed E-state index contributed by atoms with van der Waals surface area (Å²) in [5.41, 5.74) is 1.08. The molecular weight excluding hydrogens is 322 g/mol. The Bertz CT molecular complexity index is 1030. The molecule has 0 aliphatic rings. The third-order valence-electron chi connectivity index (χ3n) is 3.81. The number of fused-ring (bicyclic) bond motifs is 1. The fourth-order valence-corrected chi connectivity index (χ4v) is 2.42. The van der Waals surface area contributed by atoms with Crippen LogP contribution in [0.15, 0.2) is 21.6 Å². The number of hydrogen-bond acceptors (Lipinski definition) is 6. The van der Waals surface area contributed by atoms with E-state index in [4.69, 9.17) is 4.52 Å². The average Bonchev–Trinajstić information content (AvgIpc) is 2.87. The van der Waals surface area contributed by atoms with Crippen LogP contribution in [0.5, 0.6) is 0 Å². The first kappa shape index (κ1) is 16.8. The molecule has 0 fully saturated rings. The van der Waals surface area contributed by atoms with Crippen LogP contribution in [0, 0.1) is 13.8 Å². The van der Waals surface area contributed by atoms with Gasteiger partial charge in [0.25, 0.3) is 17.2 Å². The molecule has 0 saturated heterocycles. The molecule has 0 aliphatic carbocycles. The summed E-state index contributed by atoms with van der Waals surface area (Å²) in [5.74, 6) is -0.00306. The van der Waals surface area contributed by atoms with Crippen LogP contribution < -0.4 is 10.9 Å². The number of carbonyl (C=O) groups is 1. The molecule has 8 heteroatoms. The van der Waals surface area contributed by atoms with Gasteiger partial charge in [-0.25, -0.2) is 9.97 Å². The van der Waals surface area contributed by atoms with Crippen molar-refractivity contribution in [3.05, 3.63) is 45.4 Å². The number of nitrogens with one attached hydrogen (secondary N) is 2. The summed E-state index contributed by atoms with van der Waals surface area (Å²) >= 11 is 0. The van der Waals surface area contributed by atoms with Crippen molar-refractivity contribution in [3.8, 4) is 0 Å². The van der Waals surface area contributed by atoms with Gasteiger partial charge in [0.2, 0.25) is 0 Å². The molecule has 3 aromatic heterocycles. The molecule has 0 aromatic carbocycles. The molecule has 130 valence electrons. The second-order valence-corrected chi connectivity index (χ2v) is 6.92. The third-order valence-corrected chi connectivity index (χ3v) is 3.81. The van der Waals surface area contributed by atoms with E-state index in [1.807, 2.05) is 20.8 Å². The smallest absolute Gasteiger partial charge is 0.264 e. The van der Waals surface area contributed by atoms with Crippen LogP contribution in [-0.4, -0.2) is 26.0 Å². The van der Waals surface area contributed by atoms with Gasteiger partial charge in [-0.1, -0.05) is 25.9 Å². The van der Waals surface area contributed by atoms with E-state index in [-0.39, 0.29) is 11.0 Å². The zero-order valence-electron chi connectivity index (χ0n) is 14.7. The molecule has 0 unspecified atom stereocenters. The van der Waals surface area contributed by atoms with Gasteiger partial charge >= 0.3 is 0 Å². The lowest BCUT2D eigenvalue weighted by atomic mass is 9.95. The quantitative estimate of drug-likeness (QED) is 0.740. The molecule has 0 saturated carbocycles. The highest BCUT2D eigenvalue weighted by atomic mass is 16.5. The molecule has 0 aliphatic heterocycles. The largest absolute Gasteiger partial charge is 0.336 e. The maximum Gasteiger partial charge on any atom is 0.264 e. The van der Waals surface area contributed by atoms with Gasteiger partial charge in [0.05, 0.1) is 28.7 Å².